The van der Waals surface area contributed by atoms with E-state index in [2.05, 4.69) is 260 Å². The van der Waals surface area contributed by atoms with Gasteiger partial charge in [-0.25, -0.2) is 0 Å². The Balaban J connectivity index is 1.81. The Morgan fingerprint density at radius 1 is 0.487 bits per heavy atom. The van der Waals surface area contributed by atoms with E-state index in [1.165, 1.54) is 106 Å². The van der Waals surface area contributed by atoms with E-state index in [0.29, 0.717) is 0 Å². The number of hydrogen-bond acceptors (Lipinski definition) is 2. The van der Waals surface area contributed by atoms with Crippen LogP contribution in [-0.2, 0) is 21.7 Å². The molecular weight excluding hydrogens is 1040 g/mol. The molecule has 0 N–H and O–H groups in total. The van der Waals surface area contributed by atoms with Gasteiger partial charge < -0.3 is 0 Å². The fourth-order valence-electron chi connectivity index (χ4n) is 14.7. The van der Waals surface area contributed by atoms with Gasteiger partial charge >= 0.3 is 469 Å². The van der Waals surface area contributed by atoms with Crippen LogP contribution in [0.1, 0.15) is 176 Å². The zero-order valence-electron chi connectivity index (χ0n) is 50.9. The first-order valence-corrected chi connectivity index (χ1v) is 36.5. The molecule has 4 heteroatoms. The first kappa shape index (κ1) is 55.8. The number of aryl methyl sites for hydroxylation is 4. The van der Waals surface area contributed by atoms with Gasteiger partial charge in [0.05, 0.1) is 0 Å². The van der Waals surface area contributed by atoms with Gasteiger partial charge in [-0.3, -0.25) is 0 Å². The summed E-state index contributed by atoms with van der Waals surface area (Å²) in [5.74, 6) is 0. The molecule has 0 saturated carbocycles. The van der Waals surface area contributed by atoms with Crippen LogP contribution in [0.4, 0.5) is 0 Å². The maximum atomic E-state index is 11.0. The number of benzene rings is 6. The number of fused-ring (bicyclic) bond motifs is 4. The molecule has 2 atom stereocenters. The van der Waals surface area contributed by atoms with Crippen molar-refractivity contribution in [2.24, 2.45) is 0 Å². The Hall–Kier alpha value is -4.92. The van der Waals surface area contributed by atoms with Crippen molar-refractivity contribution in [1.29, 1.82) is 5.26 Å². The van der Waals surface area contributed by atoms with E-state index in [-0.39, 0.29) is 27.7 Å². The van der Waals surface area contributed by atoms with Gasteiger partial charge in [0.2, 0.25) is 0 Å². The monoisotopic (exact) mass is 1130 g/mol. The van der Waals surface area contributed by atoms with Crippen molar-refractivity contribution in [3.05, 3.63) is 207 Å². The van der Waals surface area contributed by atoms with Crippen LogP contribution in [0.5, 0.6) is 0 Å². The molecule has 2 nitrogen and oxygen atoms in total. The molecule has 6 aromatic rings. The first-order chi connectivity index (χ1) is 35.3. The molecule has 3 aliphatic heterocycles. The Morgan fingerprint density at radius 2 is 0.855 bits per heavy atom. The normalized spacial score (nSPS) is 19.4. The first-order valence-electron chi connectivity index (χ1n) is 28.2. The molecule has 3 heterocycles. The average molecular weight is 1130 g/mol. The van der Waals surface area contributed by atoms with Crippen LogP contribution in [0.25, 0.3) is 8.81 Å². The summed E-state index contributed by atoms with van der Waals surface area (Å²) in [5.41, 5.74) is 26.2. The van der Waals surface area contributed by atoms with Gasteiger partial charge in [0.15, 0.2) is 0 Å². The molecule has 9 rings (SSSR count). The van der Waals surface area contributed by atoms with Crippen molar-refractivity contribution >= 4 is 53.1 Å². The van der Waals surface area contributed by atoms with Gasteiger partial charge in [0.25, 0.3) is 0 Å². The molecule has 394 valence electrons. The minimum atomic E-state index is -4.58. The SMILES string of the molecule is Cc1cc(C(C)(C)C)[c]([Ge]2([c]3c(C(C)(C)C)cc(C)c(C)c3C)[C]3=[C](c4ccccc4)[Ge]4([c]5c(C(C)(C)C)cc(C)c(C)c5C)[c]5c(cc(C)c(C)c5C)C(C)(C)C[N]4C(/C=C/C#N)C3=[C]2c2ccccc2)c(C)c1C. The molecule has 2 unspecified atom stereocenters. The van der Waals surface area contributed by atoms with E-state index in [4.69, 9.17) is 0 Å². The topological polar surface area (TPSA) is 27.0 Å². The number of allylic oxidation sites excluding steroid dienone is 1. The maximum absolute atomic E-state index is 11.0. The standard InChI is InChI=1S/C72H88Ge2N2/c1-42-37-56(69(13,14)15)62(50(9)46(42)5)73(63-51(10)47(6)43(2)38-57(63)70(16,17)18)66(54-31-26-24-27-32-54)61-60(35-30-36-75)76-41-72(22,23)59-40-45(4)49(8)53(12)65(59)74(76,67(68(61)73)55-33-28-25-29-34-55)64-52(11)48(7)44(3)39-58(64)71(19,20)21/h24-35,37-40,60H,41H2,1-23H3/b35-30+. The number of rotatable bonds is 6. The Bertz CT molecular complexity index is 3470. The minimum absolute atomic E-state index is 0.173. The summed E-state index contributed by atoms with van der Waals surface area (Å²) in [7, 11) is 0. The molecule has 3 aliphatic rings. The van der Waals surface area contributed by atoms with Gasteiger partial charge in [0, 0.05) is 0 Å². The molecule has 6 aromatic carbocycles. The summed E-state index contributed by atoms with van der Waals surface area (Å²) in [4.78, 5) is 0. The van der Waals surface area contributed by atoms with Gasteiger partial charge in [-0.2, -0.15) is 0 Å². The second-order valence-electron chi connectivity index (χ2n) is 27.4. The Morgan fingerprint density at radius 3 is 1.26 bits per heavy atom. The van der Waals surface area contributed by atoms with Crippen molar-refractivity contribution in [3.8, 4) is 6.07 Å². The van der Waals surface area contributed by atoms with Crippen LogP contribution in [0, 0.1) is 94.4 Å². The molecule has 0 spiro atoms. The number of nitrogens with zero attached hydrogens (tertiary/aromatic N) is 2. The summed E-state index contributed by atoms with van der Waals surface area (Å²) in [5, 5.41) is 11.0. The summed E-state index contributed by atoms with van der Waals surface area (Å²) >= 11 is -9.11. The van der Waals surface area contributed by atoms with E-state index in [0.717, 1.165) is 6.54 Å². The van der Waals surface area contributed by atoms with Crippen LogP contribution in [0.15, 0.2) is 107 Å². The van der Waals surface area contributed by atoms with E-state index < -0.39 is 26.8 Å². The molecule has 0 aliphatic carbocycles. The fourth-order valence-corrected chi connectivity index (χ4v) is 48.2. The van der Waals surface area contributed by atoms with Crippen molar-refractivity contribution in [2.45, 2.75) is 187 Å². The summed E-state index contributed by atoms with van der Waals surface area (Å²) in [6.07, 6.45) is 4.25. The van der Waals surface area contributed by atoms with Crippen LogP contribution in [0.3, 0.4) is 0 Å². The molecular formula is C72H88Ge2N2. The van der Waals surface area contributed by atoms with E-state index in [1.807, 2.05) is 6.08 Å². The van der Waals surface area contributed by atoms with Crippen molar-refractivity contribution in [2.75, 3.05) is 6.54 Å². The molecule has 0 amide bonds. The zero-order valence-corrected chi connectivity index (χ0v) is 55.1. The van der Waals surface area contributed by atoms with E-state index >= 15 is 0 Å². The summed E-state index contributed by atoms with van der Waals surface area (Å²) in [6.45, 7) is 57.3. The third kappa shape index (κ3) is 8.00. The van der Waals surface area contributed by atoms with Gasteiger partial charge in [-0.15, -0.1) is 0 Å². The van der Waals surface area contributed by atoms with Gasteiger partial charge in [-0.1, -0.05) is 0 Å². The van der Waals surface area contributed by atoms with Crippen LogP contribution >= 0.6 is 0 Å². The average Bonchev–Trinajstić information content (AvgIpc) is 3.46. The molecule has 0 saturated heterocycles. The predicted molar refractivity (Wildman–Crippen MR) is 334 cm³/mol. The van der Waals surface area contributed by atoms with Crippen molar-refractivity contribution < 1.29 is 0 Å². The summed E-state index contributed by atoms with van der Waals surface area (Å²) < 4.78 is 14.5. The van der Waals surface area contributed by atoms with Gasteiger partial charge in [0.1, 0.15) is 0 Å². The molecule has 0 fully saturated rings. The van der Waals surface area contributed by atoms with E-state index in [9.17, 15) is 5.26 Å². The Kier molecular flexibility index (Phi) is 13.9. The summed E-state index contributed by atoms with van der Waals surface area (Å²) in [6, 6.07) is 36.6. The Labute approximate surface area is 465 Å². The van der Waals surface area contributed by atoms with Crippen LogP contribution < -0.4 is 17.6 Å². The molecule has 0 radical (unpaired) electrons. The van der Waals surface area contributed by atoms with Gasteiger partial charge in [-0.05, 0) is 0 Å². The fraction of sp³-hybridized carbons (Fsp3) is 0.403. The molecule has 0 bridgehead atoms. The third-order valence-corrected chi connectivity index (χ3v) is 42.7. The second kappa shape index (κ2) is 18.9. The quantitative estimate of drug-likeness (QED) is 0.123. The number of nitriles is 1. The van der Waals surface area contributed by atoms with Crippen LogP contribution in [-0.4, -0.2) is 43.2 Å². The number of hydrogen-bond donors (Lipinski definition) is 0. The molecule has 0 aromatic heterocycles. The second-order valence-corrected chi connectivity index (χ2v) is 42.1. The van der Waals surface area contributed by atoms with Crippen molar-refractivity contribution in [1.82, 2.24) is 3.86 Å². The third-order valence-electron chi connectivity index (χ3n) is 19.3. The van der Waals surface area contributed by atoms with Crippen LogP contribution in [0.2, 0.25) is 0 Å². The zero-order chi connectivity index (χ0) is 55.9. The van der Waals surface area contributed by atoms with E-state index in [1.54, 1.807) is 30.8 Å². The molecule has 76 heavy (non-hydrogen) atoms. The van der Waals surface area contributed by atoms with Crippen molar-refractivity contribution in [3.63, 3.8) is 0 Å². The predicted octanol–water partition coefficient (Wildman–Crippen LogP) is 15.2.